The van der Waals surface area contributed by atoms with Gasteiger partial charge in [-0.25, -0.2) is 0 Å². The number of aliphatic hydroxyl groups is 4. The molecular weight excluding hydrogens is 488 g/mol. The van der Waals surface area contributed by atoms with Crippen LogP contribution in [0.2, 0.25) is 0 Å². The molecule has 5 N–H and O–H groups in total. The lowest BCUT2D eigenvalue weighted by molar-refractivity contribution is -0.141. The summed E-state index contributed by atoms with van der Waals surface area (Å²) in [6.07, 6.45) is 14.2. The van der Waals surface area contributed by atoms with Gasteiger partial charge in [-0.2, -0.15) is 0 Å². The second kappa shape index (κ2) is 27.8. The van der Waals surface area contributed by atoms with Crippen molar-refractivity contribution in [2.24, 2.45) is 0 Å². The van der Waals surface area contributed by atoms with E-state index in [1.165, 1.54) is 0 Å². The lowest BCUT2D eigenvalue weighted by Gasteiger charge is -2.32. The Hall–Kier alpha value is -0.770. The molecule has 0 bridgehead atoms. The van der Waals surface area contributed by atoms with Crippen LogP contribution in [-0.4, -0.2) is 82.3 Å². The zero-order valence-corrected chi connectivity index (χ0v) is 24.2. The van der Waals surface area contributed by atoms with Crippen molar-refractivity contribution in [3.05, 3.63) is 0 Å². The normalized spacial score (nSPS) is 14.9. The van der Waals surface area contributed by atoms with Crippen LogP contribution in [0.5, 0.6) is 0 Å². The van der Waals surface area contributed by atoms with Gasteiger partial charge in [0.05, 0.1) is 12.2 Å². The highest BCUT2D eigenvalue weighted by molar-refractivity contribution is 5.66. The van der Waals surface area contributed by atoms with Gasteiger partial charge < -0.3 is 35.0 Å². The minimum Gasteiger partial charge on any atom is -0.481 e. The summed E-state index contributed by atoms with van der Waals surface area (Å²) in [4.78, 5) is 10.7. The molecule has 0 fully saturated rings. The number of ether oxygens (including phenoxy) is 2. The van der Waals surface area contributed by atoms with E-state index in [9.17, 15) is 15.0 Å². The van der Waals surface area contributed by atoms with E-state index in [4.69, 9.17) is 24.8 Å². The van der Waals surface area contributed by atoms with Crippen molar-refractivity contribution in [2.45, 2.75) is 160 Å². The average molecular weight is 549 g/mol. The van der Waals surface area contributed by atoms with E-state index < -0.39 is 30.4 Å². The Morgan fingerprint density at radius 1 is 0.579 bits per heavy atom. The molecule has 0 amide bonds. The molecule has 4 atom stereocenters. The van der Waals surface area contributed by atoms with Gasteiger partial charge in [0.25, 0.3) is 0 Å². The highest BCUT2D eigenvalue weighted by Gasteiger charge is 2.33. The molecule has 0 spiro atoms. The number of carboxylic acids is 1. The zero-order chi connectivity index (χ0) is 28.3. The maximum Gasteiger partial charge on any atom is 0.303 e. The third-order valence-electron chi connectivity index (χ3n) is 7.10. The fraction of sp³-hybridized carbons (Fsp3) is 0.967. The lowest BCUT2D eigenvalue weighted by atomic mass is 9.95. The Labute approximate surface area is 232 Å². The number of hydrogen-bond donors (Lipinski definition) is 5. The lowest BCUT2D eigenvalue weighted by Crippen LogP contribution is -2.46. The minimum atomic E-state index is -1.04. The molecular formula is C30H60O8. The van der Waals surface area contributed by atoms with E-state index in [1.807, 2.05) is 0 Å². The number of carboxylic acid groups (broad SMARTS) is 1. The van der Waals surface area contributed by atoms with Crippen LogP contribution in [0, 0.1) is 0 Å². The van der Waals surface area contributed by atoms with Crippen molar-refractivity contribution in [3.8, 4) is 0 Å². The monoisotopic (exact) mass is 548 g/mol. The molecule has 0 heterocycles. The molecule has 0 saturated heterocycles. The summed E-state index contributed by atoms with van der Waals surface area (Å²) in [5.74, 6) is -0.758. The fourth-order valence-corrected chi connectivity index (χ4v) is 4.67. The Balaban J connectivity index is 4.90. The second-order valence-electron chi connectivity index (χ2n) is 10.6. The summed E-state index contributed by atoms with van der Waals surface area (Å²) in [6, 6.07) is 0. The largest absolute Gasteiger partial charge is 0.481 e. The smallest absolute Gasteiger partial charge is 0.303 e. The number of hydrogen-bond acceptors (Lipinski definition) is 7. The molecule has 0 aromatic heterocycles. The summed E-state index contributed by atoms with van der Waals surface area (Å²) in [7, 11) is 0. The molecule has 0 rings (SSSR count). The molecule has 8 heteroatoms. The molecule has 0 aromatic rings. The van der Waals surface area contributed by atoms with Crippen molar-refractivity contribution in [1.29, 1.82) is 0 Å². The summed E-state index contributed by atoms with van der Waals surface area (Å²) in [5, 5.41) is 49.1. The third kappa shape index (κ3) is 22.1. The van der Waals surface area contributed by atoms with E-state index in [0.29, 0.717) is 32.5 Å². The number of aliphatic carboxylic acids is 1. The molecule has 38 heavy (non-hydrogen) atoms. The Morgan fingerprint density at radius 2 is 0.974 bits per heavy atom. The van der Waals surface area contributed by atoms with Crippen molar-refractivity contribution in [2.75, 3.05) is 26.4 Å². The summed E-state index contributed by atoms with van der Waals surface area (Å²) in [6.45, 7) is 3.60. The predicted octanol–water partition coefficient (Wildman–Crippen LogP) is 5.37. The maximum atomic E-state index is 11.2. The van der Waals surface area contributed by atoms with E-state index in [2.05, 4.69) is 6.92 Å². The van der Waals surface area contributed by atoms with Gasteiger partial charge in [-0.1, -0.05) is 84.0 Å². The van der Waals surface area contributed by atoms with Gasteiger partial charge in [0.15, 0.2) is 0 Å². The Bertz CT molecular complexity index is 505. The molecule has 0 aromatic carbocycles. The van der Waals surface area contributed by atoms with E-state index in [-0.39, 0.29) is 19.6 Å². The number of unbranched alkanes of at least 4 members (excludes halogenated alkanes) is 13. The minimum absolute atomic E-state index is 0.196. The number of aliphatic hydroxyl groups excluding tert-OH is 4. The number of carbonyl (C=O) groups is 1. The molecule has 0 saturated carbocycles. The SMILES string of the molecule is CCCCCCC(OCCCCCCO)C(O)C(O)C(CCCCCCCC(=O)O)OCCCCCCO. The van der Waals surface area contributed by atoms with Gasteiger partial charge in [-0.15, -0.1) is 0 Å². The van der Waals surface area contributed by atoms with Crippen LogP contribution in [-0.2, 0) is 14.3 Å². The van der Waals surface area contributed by atoms with Crippen molar-refractivity contribution in [1.82, 2.24) is 0 Å². The van der Waals surface area contributed by atoms with Crippen LogP contribution >= 0.6 is 0 Å². The molecule has 0 aliphatic carbocycles. The Morgan fingerprint density at radius 3 is 1.42 bits per heavy atom. The van der Waals surface area contributed by atoms with Crippen LogP contribution in [0.1, 0.15) is 135 Å². The van der Waals surface area contributed by atoms with Gasteiger partial charge in [0.1, 0.15) is 12.2 Å². The number of rotatable bonds is 30. The summed E-state index contributed by atoms with van der Waals surface area (Å²) < 4.78 is 12.2. The highest BCUT2D eigenvalue weighted by Crippen LogP contribution is 2.21. The molecule has 0 radical (unpaired) electrons. The molecule has 8 nitrogen and oxygen atoms in total. The van der Waals surface area contributed by atoms with Gasteiger partial charge in [-0.05, 0) is 44.9 Å². The quantitative estimate of drug-likeness (QED) is 0.0756. The first-order valence-corrected chi connectivity index (χ1v) is 15.5. The Kier molecular flexibility index (Phi) is 27.2. The second-order valence-corrected chi connectivity index (χ2v) is 10.6. The van der Waals surface area contributed by atoms with Crippen LogP contribution < -0.4 is 0 Å². The van der Waals surface area contributed by atoms with Crippen LogP contribution in [0.25, 0.3) is 0 Å². The first kappa shape index (κ1) is 37.2. The van der Waals surface area contributed by atoms with Crippen molar-refractivity contribution >= 4 is 5.97 Å². The van der Waals surface area contributed by atoms with Crippen LogP contribution in [0.3, 0.4) is 0 Å². The van der Waals surface area contributed by atoms with Gasteiger partial charge in [-0.3, -0.25) is 4.79 Å². The molecule has 0 aliphatic heterocycles. The standard InChI is InChI=1S/C30H60O8/c1-2-3-4-12-19-26(37-24-17-10-8-15-22-31)29(35)30(36)27(38-25-18-11-9-16-23-32)20-13-6-5-7-14-21-28(33)34/h26-27,29-32,35-36H,2-25H2,1H3,(H,33,34). The summed E-state index contributed by atoms with van der Waals surface area (Å²) >= 11 is 0. The van der Waals surface area contributed by atoms with Crippen molar-refractivity contribution < 1.29 is 39.8 Å². The van der Waals surface area contributed by atoms with Gasteiger partial charge in [0.2, 0.25) is 0 Å². The predicted molar refractivity (Wildman–Crippen MR) is 151 cm³/mol. The average Bonchev–Trinajstić information content (AvgIpc) is 2.91. The maximum absolute atomic E-state index is 11.2. The topological polar surface area (TPSA) is 137 Å². The first-order valence-electron chi connectivity index (χ1n) is 15.5. The van der Waals surface area contributed by atoms with E-state index >= 15 is 0 Å². The first-order chi connectivity index (χ1) is 18.5. The fourth-order valence-electron chi connectivity index (χ4n) is 4.67. The third-order valence-corrected chi connectivity index (χ3v) is 7.10. The van der Waals surface area contributed by atoms with Crippen LogP contribution in [0.4, 0.5) is 0 Å². The van der Waals surface area contributed by atoms with Gasteiger partial charge >= 0.3 is 5.97 Å². The van der Waals surface area contributed by atoms with Gasteiger partial charge in [0, 0.05) is 32.8 Å². The van der Waals surface area contributed by atoms with Crippen LogP contribution in [0.15, 0.2) is 0 Å². The summed E-state index contributed by atoms with van der Waals surface area (Å²) in [5.41, 5.74) is 0. The van der Waals surface area contributed by atoms with E-state index in [0.717, 1.165) is 103 Å². The molecule has 0 aliphatic rings. The molecule has 4 unspecified atom stereocenters. The molecule has 228 valence electrons. The zero-order valence-electron chi connectivity index (χ0n) is 24.2. The van der Waals surface area contributed by atoms with E-state index in [1.54, 1.807) is 0 Å². The van der Waals surface area contributed by atoms with Crippen molar-refractivity contribution in [3.63, 3.8) is 0 Å². The highest BCUT2D eigenvalue weighted by atomic mass is 16.5.